The summed E-state index contributed by atoms with van der Waals surface area (Å²) in [7, 11) is 0. The van der Waals surface area contributed by atoms with E-state index in [9.17, 15) is 31.1 Å². The van der Waals surface area contributed by atoms with Crippen molar-refractivity contribution in [1.82, 2.24) is 4.98 Å². The van der Waals surface area contributed by atoms with Gasteiger partial charge in [0.1, 0.15) is 0 Å². The van der Waals surface area contributed by atoms with Crippen LogP contribution in [0.4, 0.5) is 26.3 Å². The summed E-state index contributed by atoms with van der Waals surface area (Å²) in [6.45, 7) is 1.23. The van der Waals surface area contributed by atoms with E-state index in [0.29, 0.717) is 6.07 Å². The van der Waals surface area contributed by atoms with E-state index in [1.165, 1.54) is 6.92 Å². The van der Waals surface area contributed by atoms with Crippen LogP contribution < -0.4 is 4.74 Å². The van der Waals surface area contributed by atoms with E-state index in [1.807, 2.05) is 0 Å². The second-order valence-electron chi connectivity index (χ2n) is 3.44. The average molecular weight is 429 g/mol. The highest BCUT2D eigenvalue weighted by molar-refractivity contribution is 14.1. The van der Waals surface area contributed by atoms with Crippen molar-refractivity contribution in [2.75, 3.05) is 6.61 Å². The highest BCUT2D eigenvalue weighted by atomic mass is 127. The summed E-state index contributed by atoms with van der Waals surface area (Å²) in [5.41, 5.74) is -2.37. The molecule has 0 aliphatic rings. The van der Waals surface area contributed by atoms with Crippen LogP contribution in [0.15, 0.2) is 6.07 Å². The van der Waals surface area contributed by atoms with Gasteiger partial charge in [-0.2, -0.15) is 13.2 Å². The third-order valence-electron chi connectivity index (χ3n) is 1.92. The van der Waals surface area contributed by atoms with Crippen molar-refractivity contribution in [3.05, 3.63) is 20.9 Å². The van der Waals surface area contributed by atoms with Crippen LogP contribution in [0.25, 0.3) is 0 Å². The number of aromatic nitrogens is 1. The first kappa shape index (κ1) is 17.8. The molecule has 21 heavy (non-hydrogen) atoms. The third-order valence-corrected chi connectivity index (χ3v) is 3.01. The predicted molar refractivity (Wildman–Crippen MR) is 64.6 cm³/mol. The lowest BCUT2D eigenvalue weighted by molar-refractivity contribution is -0.276. The van der Waals surface area contributed by atoms with Gasteiger partial charge in [0.15, 0.2) is 5.69 Å². The monoisotopic (exact) mass is 429 g/mol. The molecule has 0 fully saturated rings. The van der Waals surface area contributed by atoms with Crippen molar-refractivity contribution in [1.29, 1.82) is 0 Å². The highest BCUT2D eigenvalue weighted by Gasteiger charge is 2.39. The first-order chi connectivity index (χ1) is 9.45. The fraction of sp³-hybridized carbons (Fsp3) is 0.400. The minimum Gasteiger partial charge on any atom is -0.462 e. The number of hydrogen-bond donors (Lipinski definition) is 0. The van der Waals surface area contributed by atoms with Crippen LogP contribution in [-0.2, 0) is 10.9 Å². The molecule has 118 valence electrons. The Bertz CT molecular complexity index is 543. The van der Waals surface area contributed by atoms with E-state index in [1.54, 1.807) is 0 Å². The molecule has 0 unspecified atom stereocenters. The van der Waals surface area contributed by atoms with Crippen molar-refractivity contribution < 1.29 is 40.6 Å². The maximum Gasteiger partial charge on any atom is 0.574 e. The van der Waals surface area contributed by atoms with Gasteiger partial charge in [-0.05, 0) is 29.5 Å². The number of rotatable bonds is 3. The van der Waals surface area contributed by atoms with Gasteiger partial charge < -0.3 is 9.47 Å². The Morgan fingerprint density at radius 2 is 1.86 bits per heavy atom. The van der Waals surface area contributed by atoms with E-state index < -0.39 is 39.2 Å². The molecule has 0 atom stereocenters. The van der Waals surface area contributed by atoms with E-state index >= 15 is 0 Å². The number of halogens is 7. The number of ether oxygens (including phenoxy) is 2. The quantitative estimate of drug-likeness (QED) is 0.417. The van der Waals surface area contributed by atoms with E-state index in [0.717, 1.165) is 22.6 Å². The molecular weight excluding hydrogens is 423 g/mol. The van der Waals surface area contributed by atoms with Gasteiger partial charge in [0, 0.05) is 6.07 Å². The molecule has 0 bridgehead atoms. The van der Waals surface area contributed by atoms with Crippen molar-refractivity contribution in [2.24, 2.45) is 0 Å². The Morgan fingerprint density at radius 1 is 1.29 bits per heavy atom. The van der Waals surface area contributed by atoms with Crippen LogP contribution in [0.5, 0.6) is 5.88 Å². The Hall–Kier alpha value is -1.27. The van der Waals surface area contributed by atoms with Gasteiger partial charge in [-0.3, -0.25) is 0 Å². The Morgan fingerprint density at radius 3 is 2.29 bits per heavy atom. The largest absolute Gasteiger partial charge is 0.574 e. The summed E-state index contributed by atoms with van der Waals surface area (Å²) < 4.78 is 81.6. The van der Waals surface area contributed by atoms with E-state index in [2.05, 4.69) is 14.5 Å². The zero-order valence-electron chi connectivity index (χ0n) is 10.1. The summed E-state index contributed by atoms with van der Waals surface area (Å²) in [4.78, 5) is 14.3. The summed E-state index contributed by atoms with van der Waals surface area (Å²) in [5, 5.41) is 0. The summed E-state index contributed by atoms with van der Waals surface area (Å²) in [5.74, 6) is -2.60. The molecule has 0 aliphatic carbocycles. The van der Waals surface area contributed by atoms with Gasteiger partial charge in [0.2, 0.25) is 5.88 Å². The molecular formula is C10H6F6INO3. The van der Waals surface area contributed by atoms with E-state index in [-0.39, 0.29) is 6.61 Å². The first-order valence-corrected chi connectivity index (χ1v) is 6.24. The van der Waals surface area contributed by atoms with Crippen LogP contribution in [0.2, 0.25) is 0 Å². The maximum atomic E-state index is 12.7. The first-order valence-electron chi connectivity index (χ1n) is 5.16. The molecule has 1 heterocycles. The van der Waals surface area contributed by atoms with E-state index in [4.69, 9.17) is 0 Å². The number of esters is 1. The molecule has 0 aromatic carbocycles. The van der Waals surface area contributed by atoms with Gasteiger partial charge >= 0.3 is 18.5 Å². The van der Waals surface area contributed by atoms with Crippen LogP contribution in [0.1, 0.15) is 23.0 Å². The molecule has 1 aromatic heterocycles. The number of pyridine rings is 1. The fourth-order valence-corrected chi connectivity index (χ4v) is 2.02. The SMILES string of the molecule is CCOC(=O)c1cc(OC(F)(F)F)nc(C(F)(F)F)c1I. The number of alkyl halides is 6. The number of nitrogens with zero attached hydrogens (tertiary/aromatic N) is 1. The standard InChI is InChI=1S/C10H6F6INO3/c1-2-20-8(19)4-3-5(21-10(14,15)16)18-7(6(4)17)9(11,12)13/h3H,2H2,1H3. The van der Waals surface area contributed by atoms with Gasteiger partial charge in [-0.25, -0.2) is 9.78 Å². The molecule has 1 rings (SSSR count). The van der Waals surface area contributed by atoms with Crippen molar-refractivity contribution >= 4 is 28.6 Å². The number of hydrogen-bond acceptors (Lipinski definition) is 4. The zero-order valence-corrected chi connectivity index (χ0v) is 12.3. The predicted octanol–water partition coefficient (Wildman–Crippen LogP) is 3.78. The fourth-order valence-electron chi connectivity index (χ4n) is 1.22. The minimum atomic E-state index is -5.24. The molecule has 1 aromatic rings. The number of carbonyl (C=O) groups excluding carboxylic acids is 1. The summed E-state index contributed by atoms with van der Waals surface area (Å²) in [6.07, 6.45) is -10.3. The van der Waals surface area contributed by atoms with Crippen molar-refractivity contribution in [2.45, 2.75) is 19.5 Å². The summed E-state index contributed by atoms with van der Waals surface area (Å²) in [6, 6.07) is 0.447. The Balaban J connectivity index is 3.42. The van der Waals surface area contributed by atoms with Crippen LogP contribution in [0, 0.1) is 3.57 Å². The van der Waals surface area contributed by atoms with Crippen LogP contribution in [0.3, 0.4) is 0 Å². The maximum absolute atomic E-state index is 12.7. The molecule has 0 saturated heterocycles. The molecule has 11 heteroatoms. The van der Waals surface area contributed by atoms with Crippen molar-refractivity contribution in [3.63, 3.8) is 0 Å². The van der Waals surface area contributed by atoms with Gasteiger partial charge in [0.05, 0.1) is 15.7 Å². The second kappa shape index (κ2) is 6.23. The molecule has 0 N–H and O–H groups in total. The summed E-state index contributed by atoms with van der Waals surface area (Å²) >= 11 is 1.15. The number of carbonyl (C=O) groups is 1. The van der Waals surface area contributed by atoms with Gasteiger partial charge in [-0.15, -0.1) is 13.2 Å². The topological polar surface area (TPSA) is 48.4 Å². The molecule has 0 radical (unpaired) electrons. The molecule has 0 aliphatic heterocycles. The Kier molecular flexibility index (Phi) is 5.28. The molecule has 0 saturated carbocycles. The third kappa shape index (κ3) is 4.89. The smallest absolute Gasteiger partial charge is 0.462 e. The van der Waals surface area contributed by atoms with Crippen LogP contribution >= 0.6 is 22.6 Å². The second-order valence-corrected chi connectivity index (χ2v) is 4.52. The lowest BCUT2D eigenvalue weighted by Gasteiger charge is -2.15. The lowest BCUT2D eigenvalue weighted by Crippen LogP contribution is -2.21. The van der Waals surface area contributed by atoms with Crippen LogP contribution in [-0.4, -0.2) is 23.9 Å². The Labute approximate surface area is 127 Å². The molecule has 0 spiro atoms. The normalized spacial score (nSPS) is 12.2. The molecule has 0 amide bonds. The highest BCUT2D eigenvalue weighted by Crippen LogP contribution is 2.35. The van der Waals surface area contributed by atoms with Crippen molar-refractivity contribution in [3.8, 4) is 5.88 Å². The molecule has 4 nitrogen and oxygen atoms in total. The lowest BCUT2D eigenvalue weighted by atomic mass is 10.2. The van der Waals surface area contributed by atoms with Gasteiger partial charge in [-0.1, -0.05) is 0 Å². The zero-order chi connectivity index (χ0) is 16.4. The van der Waals surface area contributed by atoms with Gasteiger partial charge in [0.25, 0.3) is 0 Å². The average Bonchev–Trinajstić information content (AvgIpc) is 2.28. The minimum absolute atomic E-state index is 0.159.